The van der Waals surface area contributed by atoms with Crippen LogP contribution >= 0.6 is 0 Å². The summed E-state index contributed by atoms with van der Waals surface area (Å²) >= 11 is 0. The maximum atomic E-state index is 12.4. The van der Waals surface area contributed by atoms with Crippen molar-refractivity contribution in [2.45, 2.75) is 20.3 Å². The van der Waals surface area contributed by atoms with Gasteiger partial charge >= 0.3 is 16.2 Å². The lowest BCUT2D eigenvalue weighted by molar-refractivity contribution is 0.0697. The van der Waals surface area contributed by atoms with Gasteiger partial charge in [-0.25, -0.2) is 4.79 Å². The molecule has 2 unspecified atom stereocenters. The molecule has 0 aromatic heterocycles. The Labute approximate surface area is 125 Å². The SMILES string of the molecule is CC1CC(C)CN(S(=O)(=O)Nc2ccc(C(=O)O)cc2)C1. The average molecular weight is 312 g/mol. The first-order chi connectivity index (χ1) is 9.78. The minimum Gasteiger partial charge on any atom is -0.478 e. The lowest BCUT2D eigenvalue weighted by atomic mass is 9.94. The molecule has 0 aliphatic carbocycles. The summed E-state index contributed by atoms with van der Waals surface area (Å²) < 4.78 is 28.7. The molecule has 2 N–H and O–H groups in total. The van der Waals surface area contributed by atoms with Crippen molar-refractivity contribution >= 4 is 21.9 Å². The van der Waals surface area contributed by atoms with Crippen molar-refractivity contribution < 1.29 is 18.3 Å². The predicted octanol–water partition coefficient (Wildman–Crippen LogP) is 2.02. The molecule has 2 atom stereocenters. The predicted molar refractivity (Wildman–Crippen MR) is 80.5 cm³/mol. The molecule has 1 saturated heterocycles. The van der Waals surface area contributed by atoms with E-state index >= 15 is 0 Å². The molecule has 6 nitrogen and oxygen atoms in total. The number of hydrogen-bond donors (Lipinski definition) is 2. The number of nitrogens with one attached hydrogen (secondary N) is 1. The Morgan fingerprint density at radius 1 is 1.19 bits per heavy atom. The average Bonchev–Trinajstić information content (AvgIpc) is 2.37. The van der Waals surface area contributed by atoms with Gasteiger partial charge in [-0.05, 0) is 42.5 Å². The molecule has 0 radical (unpaired) electrons. The minimum atomic E-state index is -3.60. The number of hydrogen-bond acceptors (Lipinski definition) is 3. The summed E-state index contributed by atoms with van der Waals surface area (Å²) in [5.41, 5.74) is 0.490. The number of anilines is 1. The molecule has 0 saturated carbocycles. The van der Waals surface area contributed by atoms with Crippen molar-refractivity contribution in [2.75, 3.05) is 17.8 Å². The van der Waals surface area contributed by atoms with E-state index in [0.717, 1.165) is 6.42 Å². The van der Waals surface area contributed by atoms with E-state index in [9.17, 15) is 13.2 Å². The molecule has 0 bridgehead atoms. The van der Waals surface area contributed by atoms with Gasteiger partial charge in [-0.2, -0.15) is 12.7 Å². The Hall–Kier alpha value is -1.60. The Balaban J connectivity index is 2.11. The van der Waals surface area contributed by atoms with E-state index in [1.165, 1.54) is 28.6 Å². The second-order valence-corrected chi connectivity index (χ2v) is 7.42. The van der Waals surface area contributed by atoms with Crippen LogP contribution in [0.3, 0.4) is 0 Å². The summed E-state index contributed by atoms with van der Waals surface area (Å²) in [4.78, 5) is 10.8. The normalized spacial score (nSPS) is 23.7. The van der Waals surface area contributed by atoms with E-state index in [1.54, 1.807) is 0 Å². The standard InChI is InChI=1S/C14H20N2O4S/c1-10-7-11(2)9-16(8-10)21(19,20)15-13-5-3-12(4-6-13)14(17)18/h3-6,10-11,15H,7-9H2,1-2H3,(H,17,18). The molecule has 21 heavy (non-hydrogen) atoms. The van der Waals surface area contributed by atoms with E-state index < -0.39 is 16.2 Å². The highest BCUT2D eigenvalue weighted by molar-refractivity contribution is 7.90. The fourth-order valence-corrected chi connectivity index (χ4v) is 4.16. The number of benzene rings is 1. The fourth-order valence-electron chi connectivity index (χ4n) is 2.70. The Bertz CT molecular complexity index is 602. The lowest BCUT2D eigenvalue weighted by Gasteiger charge is -2.34. The van der Waals surface area contributed by atoms with Gasteiger partial charge in [0.25, 0.3) is 0 Å². The van der Waals surface area contributed by atoms with E-state index in [-0.39, 0.29) is 5.56 Å². The van der Waals surface area contributed by atoms with Gasteiger partial charge in [0, 0.05) is 18.8 Å². The maximum absolute atomic E-state index is 12.4. The number of carboxylic acid groups (broad SMARTS) is 1. The molecule has 2 rings (SSSR count). The highest BCUT2D eigenvalue weighted by Gasteiger charge is 2.30. The molecule has 1 aliphatic heterocycles. The van der Waals surface area contributed by atoms with Crippen molar-refractivity contribution in [1.82, 2.24) is 4.31 Å². The van der Waals surface area contributed by atoms with Crippen LogP contribution < -0.4 is 4.72 Å². The number of piperidine rings is 1. The van der Waals surface area contributed by atoms with Crippen LogP contribution in [0.5, 0.6) is 0 Å². The number of nitrogens with zero attached hydrogens (tertiary/aromatic N) is 1. The molecule has 116 valence electrons. The van der Waals surface area contributed by atoms with E-state index in [0.29, 0.717) is 30.6 Å². The van der Waals surface area contributed by atoms with Crippen LogP contribution in [0.2, 0.25) is 0 Å². The Kier molecular flexibility index (Phi) is 4.53. The number of carboxylic acids is 1. The van der Waals surface area contributed by atoms with Crippen molar-refractivity contribution in [2.24, 2.45) is 11.8 Å². The molecule has 1 aromatic carbocycles. The molecule has 0 spiro atoms. The highest BCUT2D eigenvalue weighted by Crippen LogP contribution is 2.24. The van der Waals surface area contributed by atoms with Gasteiger partial charge in [0.1, 0.15) is 0 Å². The molecular formula is C14H20N2O4S. The van der Waals surface area contributed by atoms with Crippen LogP contribution in [0.1, 0.15) is 30.6 Å². The maximum Gasteiger partial charge on any atom is 0.335 e. The second-order valence-electron chi connectivity index (χ2n) is 5.75. The minimum absolute atomic E-state index is 0.123. The molecule has 0 amide bonds. The smallest absolute Gasteiger partial charge is 0.335 e. The molecule has 7 heteroatoms. The van der Waals surface area contributed by atoms with Crippen LogP contribution in [0.4, 0.5) is 5.69 Å². The first kappa shape index (κ1) is 15.8. The van der Waals surface area contributed by atoms with Gasteiger partial charge in [0.2, 0.25) is 0 Å². The van der Waals surface area contributed by atoms with Gasteiger partial charge in [-0.1, -0.05) is 13.8 Å². The number of carbonyl (C=O) groups is 1. The topological polar surface area (TPSA) is 86.7 Å². The summed E-state index contributed by atoms with van der Waals surface area (Å²) in [6.07, 6.45) is 1.03. The molecule has 1 aromatic rings. The zero-order valence-corrected chi connectivity index (χ0v) is 12.9. The van der Waals surface area contributed by atoms with Gasteiger partial charge < -0.3 is 5.11 Å². The highest BCUT2D eigenvalue weighted by atomic mass is 32.2. The first-order valence-corrected chi connectivity index (χ1v) is 8.33. The molecule has 1 aliphatic rings. The molecular weight excluding hydrogens is 292 g/mol. The number of aromatic carboxylic acids is 1. The lowest BCUT2D eigenvalue weighted by Crippen LogP contribution is -2.45. The van der Waals surface area contributed by atoms with Gasteiger partial charge in [0.05, 0.1) is 5.56 Å². The van der Waals surface area contributed by atoms with E-state index in [2.05, 4.69) is 4.72 Å². The van der Waals surface area contributed by atoms with Crippen LogP contribution in [0.25, 0.3) is 0 Å². The third-order valence-corrected chi connectivity index (χ3v) is 5.03. The van der Waals surface area contributed by atoms with Gasteiger partial charge in [-0.3, -0.25) is 4.72 Å². The summed E-state index contributed by atoms with van der Waals surface area (Å²) in [6, 6.07) is 5.67. The van der Waals surface area contributed by atoms with Crippen molar-refractivity contribution in [3.63, 3.8) is 0 Å². The second kappa shape index (κ2) is 6.03. The zero-order chi connectivity index (χ0) is 15.6. The zero-order valence-electron chi connectivity index (χ0n) is 12.1. The van der Waals surface area contributed by atoms with Gasteiger partial charge in [-0.15, -0.1) is 0 Å². The summed E-state index contributed by atoms with van der Waals surface area (Å²) in [5, 5.41) is 8.82. The summed E-state index contributed by atoms with van der Waals surface area (Å²) in [7, 11) is -3.60. The van der Waals surface area contributed by atoms with Gasteiger partial charge in [0.15, 0.2) is 0 Å². The molecule has 1 fully saturated rings. The largest absolute Gasteiger partial charge is 0.478 e. The summed E-state index contributed by atoms with van der Waals surface area (Å²) in [5.74, 6) is -0.373. The van der Waals surface area contributed by atoms with E-state index in [1.807, 2.05) is 13.8 Å². The first-order valence-electron chi connectivity index (χ1n) is 6.89. The summed E-state index contributed by atoms with van der Waals surface area (Å²) in [6.45, 7) is 5.10. The van der Waals surface area contributed by atoms with Crippen molar-refractivity contribution in [1.29, 1.82) is 0 Å². The van der Waals surface area contributed by atoms with Crippen LogP contribution in [-0.2, 0) is 10.2 Å². The fraction of sp³-hybridized carbons (Fsp3) is 0.500. The Morgan fingerprint density at radius 3 is 2.19 bits per heavy atom. The monoisotopic (exact) mass is 312 g/mol. The molecule has 1 heterocycles. The quantitative estimate of drug-likeness (QED) is 0.890. The van der Waals surface area contributed by atoms with Crippen molar-refractivity contribution in [3.8, 4) is 0 Å². The van der Waals surface area contributed by atoms with Crippen LogP contribution in [0.15, 0.2) is 24.3 Å². The van der Waals surface area contributed by atoms with E-state index in [4.69, 9.17) is 5.11 Å². The van der Waals surface area contributed by atoms with Crippen molar-refractivity contribution in [3.05, 3.63) is 29.8 Å². The Morgan fingerprint density at radius 2 is 1.71 bits per heavy atom. The van der Waals surface area contributed by atoms with Crippen LogP contribution in [-0.4, -0.2) is 36.9 Å². The van der Waals surface area contributed by atoms with Crippen LogP contribution in [0, 0.1) is 11.8 Å². The third kappa shape index (κ3) is 3.95. The third-order valence-electron chi connectivity index (χ3n) is 3.55. The number of rotatable bonds is 4.